The molecule has 18 nitrogen and oxygen atoms in total. The first-order valence-electron chi connectivity index (χ1n) is 31.0. The number of imide groups is 1. The Hall–Kier alpha value is -10.3. The molecule has 3 heterocycles. The normalized spacial score (nSPS) is 13.4. The molecule has 1 aliphatic heterocycles. The number of aryl methyl sites for hydroxylation is 1. The Balaban J connectivity index is 0.804. The highest BCUT2D eigenvalue weighted by Crippen LogP contribution is 2.44. The Kier molecular flexibility index (Phi) is 20.2. The van der Waals surface area contributed by atoms with Gasteiger partial charge in [-0.1, -0.05) is 170 Å². The summed E-state index contributed by atoms with van der Waals surface area (Å²) in [5.41, 5.74) is 7.44. The summed E-state index contributed by atoms with van der Waals surface area (Å²) in [4.78, 5) is 72.1. The summed E-state index contributed by atoms with van der Waals surface area (Å²) in [7, 11) is 1.54. The number of carbonyl (C=O) groups excluding carboxylic acids is 5. The van der Waals surface area contributed by atoms with Crippen LogP contribution in [-0.2, 0) is 44.0 Å². The van der Waals surface area contributed by atoms with Crippen LogP contribution in [0.15, 0.2) is 211 Å². The number of imidazole rings is 1. The number of ether oxygens (including phenoxy) is 4. The molecule has 11 rings (SSSR count). The quantitative estimate of drug-likeness (QED) is 0.0327. The van der Waals surface area contributed by atoms with E-state index in [9.17, 15) is 24.0 Å². The van der Waals surface area contributed by atoms with Gasteiger partial charge in [-0.15, -0.1) is 16.9 Å². The van der Waals surface area contributed by atoms with Crippen LogP contribution < -0.4 is 25.0 Å². The molecule has 2 N–H and O–H groups in total. The minimum Gasteiger partial charge on any atom is -0.484 e. The number of amides is 4. The second kappa shape index (κ2) is 29.1. The fourth-order valence-electron chi connectivity index (χ4n) is 11.4. The molecule has 94 heavy (non-hydrogen) atoms. The van der Waals surface area contributed by atoms with Crippen LogP contribution in [0.25, 0.3) is 22.5 Å². The molecule has 0 spiro atoms. The van der Waals surface area contributed by atoms with E-state index in [2.05, 4.69) is 95.6 Å². The first-order chi connectivity index (χ1) is 45.5. The van der Waals surface area contributed by atoms with Crippen molar-refractivity contribution < 1.29 is 42.9 Å². The monoisotopic (exact) mass is 1290 g/mol. The van der Waals surface area contributed by atoms with Crippen LogP contribution >= 0.6 is 23.5 Å². The highest BCUT2D eigenvalue weighted by Gasteiger charge is 2.42. The Morgan fingerprint density at radius 1 is 0.723 bits per heavy atom. The minimum atomic E-state index is -0.940. The molecule has 8 aromatic carbocycles. The molecule has 2 aromatic heterocycles. The number of benzene rings is 8. The number of hydrogen-bond acceptors (Lipinski definition) is 15. The molecule has 0 saturated carbocycles. The summed E-state index contributed by atoms with van der Waals surface area (Å²) in [6.07, 6.45) is 1.15. The maximum Gasteiger partial charge on any atom is 0.414 e. The van der Waals surface area contributed by atoms with Gasteiger partial charge in [0.15, 0.2) is 18.1 Å². The highest BCUT2D eigenvalue weighted by atomic mass is 32.2. The van der Waals surface area contributed by atoms with E-state index in [0.717, 1.165) is 73.4 Å². The summed E-state index contributed by atoms with van der Waals surface area (Å²) in [6.45, 7) is 11.4. The fourth-order valence-corrected chi connectivity index (χ4v) is 13.2. The Morgan fingerprint density at radius 3 is 1.91 bits per heavy atom. The summed E-state index contributed by atoms with van der Waals surface area (Å²) in [6, 6.07) is 67.0. The Labute approximate surface area is 554 Å². The molecule has 2 unspecified atom stereocenters. The smallest absolute Gasteiger partial charge is 0.414 e. The molecule has 2 atom stereocenters. The highest BCUT2D eigenvalue weighted by molar-refractivity contribution is 8.15. The van der Waals surface area contributed by atoms with Gasteiger partial charge in [0.05, 0.1) is 34.2 Å². The van der Waals surface area contributed by atoms with Gasteiger partial charge >= 0.3 is 12.1 Å². The van der Waals surface area contributed by atoms with Crippen LogP contribution in [0.3, 0.4) is 0 Å². The predicted octanol–water partition coefficient (Wildman–Crippen LogP) is 15.1. The second-order valence-corrected chi connectivity index (χ2v) is 26.0. The van der Waals surface area contributed by atoms with Crippen LogP contribution in [0.2, 0.25) is 0 Å². The zero-order valence-corrected chi connectivity index (χ0v) is 54.8. The number of nitrogens with one attached hydrogen (secondary N) is 2. The van der Waals surface area contributed by atoms with Crippen LogP contribution in [0.4, 0.5) is 21.0 Å². The third-order valence-corrected chi connectivity index (χ3v) is 17.8. The fraction of sp³-hybridized carbons (Fsp3) is 0.230. The molecule has 0 aliphatic carbocycles. The minimum absolute atomic E-state index is 0.189. The Bertz CT molecular complexity index is 4220. The van der Waals surface area contributed by atoms with Crippen molar-refractivity contribution in [2.24, 2.45) is 0 Å². The van der Waals surface area contributed by atoms with Gasteiger partial charge in [0.2, 0.25) is 5.91 Å². The van der Waals surface area contributed by atoms with Gasteiger partial charge < -0.3 is 28.8 Å². The first kappa shape index (κ1) is 65.2. The van der Waals surface area contributed by atoms with E-state index in [4.69, 9.17) is 34.2 Å². The zero-order valence-electron chi connectivity index (χ0n) is 53.1. The topological polar surface area (TPSA) is 211 Å². The molecule has 1 saturated heterocycles. The van der Waals surface area contributed by atoms with Crippen molar-refractivity contribution in [2.45, 2.75) is 93.9 Å². The van der Waals surface area contributed by atoms with E-state index in [1.54, 1.807) is 89.0 Å². The number of carbonyl (C=O) groups is 5. The van der Waals surface area contributed by atoms with Gasteiger partial charge in [-0.2, -0.15) is 0 Å². The zero-order chi connectivity index (χ0) is 65.9. The lowest BCUT2D eigenvalue weighted by Crippen LogP contribution is -2.39. The van der Waals surface area contributed by atoms with Crippen molar-refractivity contribution in [3.05, 3.63) is 251 Å². The SMILES string of the molecule is CCCc1nc(C(C)Sc2ccc(Oc3ccc(NC(=O)COc4ccc(CC5SC(=O)NC5=O)cc4)c(N(C)C(=O)OC(C)(C)C)c3)cc2)c(C(=O)OCC)n1Cc1ccc(-c2ccccc2-c2nnnn2C(c2ccccc2)(c2ccccc2)c2ccccc2)cc1. The van der Waals surface area contributed by atoms with E-state index in [0.29, 0.717) is 65.2 Å². The maximum absolute atomic E-state index is 14.2. The molecule has 0 bridgehead atoms. The molecule has 1 aliphatic rings. The number of anilines is 2. The summed E-state index contributed by atoms with van der Waals surface area (Å²) in [5, 5.41) is 18.0. The third-order valence-electron chi connectivity index (χ3n) is 15.7. The van der Waals surface area contributed by atoms with Crippen molar-refractivity contribution in [2.75, 3.05) is 30.5 Å². The molecule has 10 aromatic rings. The molecule has 0 radical (unpaired) electrons. The van der Waals surface area contributed by atoms with E-state index in [1.165, 1.54) is 4.90 Å². The van der Waals surface area contributed by atoms with Gasteiger partial charge in [-0.05, 0) is 145 Å². The first-order valence-corrected chi connectivity index (χ1v) is 32.7. The number of thioether (sulfide) groups is 2. The van der Waals surface area contributed by atoms with E-state index in [-0.39, 0.29) is 29.6 Å². The average Bonchev–Trinajstić information content (AvgIpc) is 1.15. The molecule has 1 fully saturated rings. The van der Waals surface area contributed by atoms with Crippen molar-refractivity contribution >= 4 is 64.0 Å². The van der Waals surface area contributed by atoms with Gasteiger partial charge in [-0.25, -0.2) is 19.3 Å². The van der Waals surface area contributed by atoms with Crippen molar-refractivity contribution in [3.8, 4) is 39.8 Å². The summed E-state index contributed by atoms with van der Waals surface area (Å²) >= 11 is 2.51. The number of hydrogen-bond donors (Lipinski definition) is 2. The summed E-state index contributed by atoms with van der Waals surface area (Å²) < 4.78 is 27.6. The average molecular weight is 1290 g/mol. The molecule has 20 heteroatoms. The third kappa shape index (κ3) is 14.8. The standard InChI is InChI=1S/C74H71N9O9S2/c1-8-21-64-76-66(48(3)93-58-41-38-56(39-42-58)91-57-40-43-61(62(45-57)81(7)72(88)92-73(4,5)6)75-65(84)47-90-55-36-32-49(33-37-55)44-63-69(85)77-71(87)94-63)67(70(86)89-9-2)82(64)46-50-30-34-51(35-31-50)59-28-19-20-29-60(59)68-78-79-80-83(68)74(52-22-13-10-14-23-52,53-24-15-11-16-25-53)54-26-17-12-18-27-54/h10-20,22-43,45,48,63H,8-9,21,44,46-47H2,1-7H3,(H,75,84)(H,77,85,87). The van der Waals surface area contributed by atoms with E-state index >= 15 is 0 Å². The largest absolute Gasteiger partial charge is 0.484 e. The van der Waals surface area contributed by atoms with Crippen molar-refractivity contribution in [1.82, 2.24) is 35.1 Å². The van der Waals surface area contributed by atoms with Crippen LogP contribution in [0.1, 0.15) is 103 Å². The van der Waals surface area contributed by atoms with Crippen LogP contribution in [0.5, 0.6) is 17.2 Å². The lowest BCUT2D eigenvalue weighted by Gasteiger charge is -2.36. The van der Waals surface area contributed by atoms with Gasteiger partial charge in [0.1, 0.15) is 34.2 Å². The molecule has 4 amide bonds. The van der Waals surface area contributed by atoms with E-state index in [1.807, 2.05) is 107 Å². The van der Waals surface area contributed by atoms with Crippen molar-refractivity contribution in [1.29, 1.82) is 0 Å². The van der Waals surface area contributed by atoms with Gasteiger partial charge in [-0.3, -0.25) is 24.6 Å². The maximum atomic E-state index is 14.2. The lowest BCUT2D eigenvalue weighted by molar-refractivity contribution is -0.119. The number of nitrogens with zero attached hydrogens (tertiary/aromatic N) is 7. The van der Waals surface area contributed by atoms with Gasteiger partial charge in [0, 0.05) is 36.5 Å². The molecule has 478 valence electrons. The lowest BCUT2D eigenvalue weighted by atomic mass is 9.77. The summed E-state index contributed by atoms with van der Waals surface area (Å²) in [5.74, 6) is 1.42. The van der Waals surface area contributed by atoms with Gasteiger partial charge in [0.25, 0.3) is 11.1 Å². The second-order valence-electron chi connectivity index (χ2n) is 23.4. The van der Waals surface area contributed by atoms with E-state index < -0.39 is 34.4 Å². The molecular formula is C74H71N9O9S2. The number of rotatable bonds is 24. The van der Waals surface area contributed by atoms with Crippen LogP contribution in [-0.4, -0.2) is 90.0 Å². The Morgan fingerprint density at radius 2 is 1.32 bits per heavy atom. The van der Waals surface area contributed by atoms with Crippen LogP contribution in [0, 0.1) is 0 Å². The van der Waals surface area contributed by atoms with Crippen molar-refractivity contribution in [3.63, 3.8) is 0 Å². The molecular weight excluding hydrogens is 1220 g/mol. The number of aromatic nitrogens is 6. The predicted molar refractivity (Wildman–Crippen MR) is 366 cm³/mol. The number of tetrazole rings is 1. The number of esters is 1.